The Bertz CT molecular complexity index is 728. The average molecular weight is 342 g/mol. The molecule has 1 aliphatic heterocycles. The Hall–Kier alpha value is -1.88. The van der Waals surface area contributed by atoms with E-state index < -0.39 is 0 Å². The van der Waals surface area contributed by atoms with Crippen molar-refractivity contribution in [3.05, 3.63) is 29.7 Å². The van der Waals surface area contributed by atoms with Crippen LogP contribution in [0.5, 0.6) is 0 Å². The molecule has 5 nitrogen and oxygen atoms in total. The van der Waals surface area contributed by atoms with Gasteiger partial charge >= 0.3 is 0 Å². The summed E-state index contributed by atoms with van der Waals surface area (Å²) in [5.74, 6) is 1.19. The van der Waals surface area contributed by atoms with E-state index in [4.69, 9.17) is 9.15 Å². The molecule has 2 heterocycles. The van der Waals surface area contributed by atoms with Gasteiger partial charge in [-0.15, -0.1) is 0 Å². The first-order valence-corrected chi connectivity index (χ1v) is 9.60. The Labute approximate surface area is 148 Å². The average Bonchev–Trinajstić information content (AvgIpc) is 3.11. The van der Waals surface area contributed by atoms with E-state index in [2.05, 4.69) is 10.3 Å². The molecule has 0 spiro atoms. The number of hydrogen-bond donors (Lipinski definition) is 1. The van der Waals surface area contributed by atoms with Crippen molar-refractivity contribution < 1.29 is 13.9 Å². The fourth-order valence-electron chi connectivity index (χ4n) is 3.88. The third-order valence-corrected chi connectivity index (χ3v) is 5.39. The van der Waals surface area contributed by atoms with Crippen molar-refractivity contribution in [3.63, 3.8) is 0 Å². The minimum absolute atomic E-state index is 0.0771. The zero-order valence-electron chi connectivity index (χ0n) is 14.6. The second kappa shape index (κ2) is 7.56. The predicted octanol–water partition coefficient (Wildman–Crippen LogP) is 4.17. The van der Waals surface area contributed by atoms with Gasteiger partial charge in [0, 0.05) is 24.6 Å². The van der Waals surface area contributed by atoms with Crippen LogP contribution in [0.2, 0.25) is 0 Å². The molecular formula is C20H26N2O3. The molecule has 1 aromatic carbocycles. The highest BCUT2D eigenvalue weighted by Crippen LogP contribution is 2.33. The van der Waals surface area contributed by atoms with Gasteiger partial charge in [-0.2, -0.15) is 0 Å². The Morgan fingerprint density at radius 1 is 1.12 bits per heavy atom. The van der Waals surface area contributed by atoms with Gasteiger partial charge in [0.15, 0.2) is 11.5 Å². The largest absolute Gasteiger partial charge is 0.440 e. The van der Waals surface area contributed by atoms with E-state index in [1.165, 1.54) is 25.7 Å². The number of amides is 1. The van der Waals surface area contributed by atoms with Crippen molar-refractivity contribution in [2.45, 2.75) is 63.4 Å². The fraction of sp³-hybridized carbons (Fsp3) is 0.600. The van der Waals surface area contributed by atoms with Crippen LogP contribution in [0.4, 0.5) is 0 Å². The Kier molecular flexibility index (Phi) is 5.02. The first-order valence-electron chi connectivity index (χ1n) is 9.60. The maximum atomic E-state index is 12.4. The molecule has 1 aliphatic carbocycles. The highest BCUT2D eigenvalue weighted by molar-refractivity contribution is 5.97. The van der Waals surface area contributed by atoms with Gasteiger partial charge in [0.2, 0.25) is 0 Å². The quantitative estimate of drug-likeness (QED) is 0.905. The second-order valence-corrected chi connectivity index (χ2v) is 7.27. The molecule has 1 aromatic heterocycles. The molecular weight excluding hydrogens is 316 g/mol. The molecule has 1 saturated carbocycles. The van der Waals surface area contributed by atoms with E-state index in [0.29, 0.717) is 23.6 Å². The summed E-state index contributed by atoms with van der Waals surface area (Å²) < 4.78 is 11.6. The maximum Gasteiger partial charge on any atom is 0.251 e. The number of nitrogens with one attached hydrogen (secondary N) is 1. The van der Waals surface area contributed by atoms with Crippen molar-refractivity contribution in [1.29, 1.82) is 0 Å². The zero-order chi connectivity index (χ0) is 17.1. The van der Waals surface area contributed by atoms with Crippen LogP contribution in [0.15, 0.2) is 22.6 Å². The van der Waals surface area contributed by atoms with Gasteiger partial charge < -0.3 is 14.5 Å². The summed E-state index contributed by atoms with van der Waals surface area (Å²) in [4.78, 5) is 17.0. The molecule has 134 valence electrons. The van der Waals surface area contributed by atoms with Crippen molar-refractivity contribution in [1.82, 2.24) is 10.3 Å². The monoisotopic (exact) mass is 342 g/mol. The lowest BCUT2D eigenvalue weighted by Gasteiger charge is -2.22. The van der Waals surface area contributed by atoms with Gasteiger partial charge in [-0.25, -0.2) is 4.98 Å². The van der Waals surface area contributed by atoms with Crippen LogP contribution >= 0.6 is 0 Å². The Morgan fingerprint density at radius 3 is 2.76 bits per heavy atom. The van der Waals surface area contributed by atoms with Crippen LogP contribution in [-0.4, -0.2) is 30.1 Å². The number of ether oxygens (including phenoxy) is 1. The Morgan fingerprint density at radius 2 is 1.96 bits per heavy atom. The van der Waals surface area contributed by atoms with E-state index in [1.807, 2.05) is 18.2 Å². The number of carbonyl (C=O) groups excluding carboxylic acids is 1. The lowest BCUT2D eigenvalue weighted by molar-refractivity contribution is 0.0169. The van der Waals surface area contributed by atoms with Crippen molar-refractivity contribution >= 4 is 17.0 Å². The summed E-state index contributed by atoms with van der Waals surface area (Å²) in [5, 5.41) is 2.98. The standard InChI is InChI=1S/C20H26N2O3/c23-19(21-13-16-8-4-5-11-24-16)15-9-10-17-18(12-15)25-20(22-17)14-6-2-1-3-7-14/h9-10,12,14,16H,1-8,11,13H2,(H,21,23). The normalized spacial score (nSPS) is 22.2. The Balaban J connectivity index is 1.43. The molecule has 2 fully saturated rings. The highest BCUT2D eigenvalue weighted by Gasteiger charge is 2.21. The van der Waals surface area contributed by atoms with Gasteiger partial charge in [-0.3, -0.25) is 4.79 Å². The topological polar surface area (TPSA) is 64.4 Å². The molecule has 2 aliphatic rings. The van der Waals surface area contributed by atoms with Crippen LogP contribution in [0, 0.1) is 0 Å². The van der Waals surface area contributed by atoms with Crippen molar-refractivity contribution in [2.75, 3.05) is 13.2 Å². The molecule has 0 bridgehead atoms. The first kappa shape index (κ1) is 16.6. The van der Waals surface area contributed by atoms with E-state index in [9.17, 15) is 4.79 Å². The van der Waals surface area contributed by atoms with E-state index in [1.54, 1.807) is 0 Å². The van der Waals surface area contributed by atoms with Crippen LogP contribution in [0.25, 0.3) is 11.1 Å². The molecule has 25 heavy (non-hydrogen) atoms. The van der Waals surface area contributed by atoms with E-state index in [0.717, 1.165) is 43.7 Å². The lowest BCUT2D eigenvalue weighted by Crippen LogP contribution is -2.35. The lowest BCUT2D eigenvalue weighted by atomic mass is 9.89. The molecule has 1 atom stereocenters. The van der Waals surface area contributed by atoms with Crippen molar-refractivity contribution in [2.24, 2.45) is 0 Å². The number of oxazole rings is 1. The molecule has 1 amide bonds. The SMILES string of the molecule is O=C(NCC1CCCCO1)c1ccc2nc(C3CCCCC3)oc2c1. The molecule has 1 N–H and O–H groups in total. The fourth-order valence-corrected chi connectivity index (χ4v) is 3.88. The molecule has 0 radical (unpaired) electrons. The van der Waals surface area contributed by atoms with Gasteiger partial charge in [0.1, 0.15) is 5.52 Å². The smallest absolute Gasteiger partial charge is 0.251 e. The zero-order valence-corrected chi connectivity index (χ0v) is 14.6. The summed E-state index contributed by atoms with van der Waals surface area (Å²) in [6.07, 6.45) is 9.58. The molecule has 2 aromatic rings. The van der Waals surface area contributed by atoms with Crippen molar-refractivity contribution in [3.8, 4) is 0 Å². The van der Waals surface area contributed by atoms with Gasteiger partial charge in [0.25, 0.3) is 5.91 Å². The van der Waals surface area contributed by atoms with Crippen LogP contribution < -0.4 is 5.32 Å². The molecule has 4 rings (SSSR count). The van der Waals surface area contributed by atoms with Crippen LogP contribution in [0.3, 0.4) is 0 Å². The van der Waals surface area contributed by atoms with E-state index in [-0.39, 0.29) is 12.0 Å². The third-order valence-electron chi connectivity index (χ3n) is 5.39. The third kappa shape index (κ3) is 3.87. The van der Waals surface area contributed by atoms with Crippen LogP contribution in [0.1, 0.15) is 73.5 Å². The number of benzene rings is 1. The van der Waals surface area contributed by atoms with Gasteiger partial charge in [-0.05, 0) is 50.3 Å². The second-order valence-electron chi connectivity index (χ2n) is 7.27. The van der Waals surface area contributed by atoms with Crippen LogP contribution in [-0.2, 0) is 4.74 Å². The minimum atomic E-state index is -0.0771. The summed E-state index contributed by atoms with van der Waals surface area (Å²) in [6.45, 7) is 1.37. The highest BCUT2D eigenvalue weighted by atomic mass is 16.5. The number of rotatable bonds is 4. The summed E-state index contributed by atoms with van der Waals surface area (Å²) in [7, 11) is 0. The van der Waals surface area contributed by atoms with Gasteiger partial charge in [0.05, 0.1) is 6.10 Å². The number of carbonyl (C=O) groups is 1. The molecule has 5 heteroatoms. The summed E-state index contributed by atoms with van der Waals surface area (Å²) in [5.41, 5.74) is 2.17. The predicted molar refractivity (Wildman–Crippen MR) is 95.8 cm³/mol. The number of fused-ring (bicyclic) bond motifs is 1. The summed E-state index contributed by atoms with van der Waals surface area (Å²) >= 11 is 0. The molecule has 1 unspecified atom stereocenters. The maximum absolute atomic E-state index is 12.4. The number of aromatic nitrogens is 1. The number of hydrogen-bond acceptors (Lipinski definition) is 4. The first-order chi connectivity index (χ1) is 12.3. The molecule has 1 saturated heterocycles. The number of nitrogens with zero attached hydrogens (tertiary/aromatic N) is 1. The van der Waals surface area contributed by atoms with E-state index >= 15 is 0 Å². The van der Waals surface area contributed by atoms with Gasteiger partial charge in [-0.1, -0.05) is 19.3 Å². The minimum Gasteiger partial charge on any atom is -0.440 e. The summed E-state index contributed by atoms with van der Waals surface area (Å²) in [6, 6.07) is 5.52.